The lowest BCUT2D eigenvalue weighted by atomic mass is 10.1. The molecule has 31 heavy (non-hydrogen) atoms. The first kappa shape index (κ1) is 20.8. The summed E-state index contributed by atoms with van der Waals surface area (Å²) in [5, 5.41) is 2.80. The van der Waals surface area contributed by atoms with Crippen LogP contribution in [-0.4, -0.2) is 42.3 Å². The van der Waals surface area contributed by atoms with Crippen LogP contribution in [0.25, 0.3) is 16.7 Å². The number of carbonyl (C=O) groups is 1. The number of hydrogen-bond donors (Lipinski definition) is 1. The maximum Gasteiger partial charge on any atom is 0.255 e. The molecule has 158 valence electrons. The van der Waals surface area contributed by atoms with Crippen molar-refractivity contribution < 1.29 is 13.2 Å². The van der Waals surface area contributed by atoms with Gasteiger partial charge in [0.1, 0.15) is 5.82 Å². The smallest absolute Gasteiger partial charge is 0.255 e. The highest BCUT2D eigenvalue weighted by molar-refractivity contribution is 7.89. The molecular formula is C23H22N4O3S. The second kappa shape index (κ2) is 7.98. The number of fused-ring (bicyclic) bond motifs is 1. The van der Waals surface area contributed by atoms with Gasteiger partial charge in [0.05, 0.1) is 15.9 Å². The highest BCUT2D eigenvalue weighted by Gasteiger charge is 2.17. The fourth-order valence-corrected chi connectivity index (χ4v) is 4.27. The molecule has 1 aromatic heterocycles. The summed E-state index contributed by atoms with van der Waals surface area (Å²) in [7, 11) is -0.565. The number of hydrogen-bond acceptors (Lipinski definition) is 4. The SMILES string of the molecule is Cc1nc2cc(C(=O)Nc3ccc(S(=O)(=O)N(C)C)cc3)ccc2n1-c1ccccc1. The minimum Gasteiger partial charge on any atom is -0.322 e. The Bertz CT molecular complexity index is 1360. The first-order valence-corrected chi connectivity index (χ1v) is 11.1. The number of anilines is 1. The lowest BCUT2D eigenvalue weighted by molar-refractivity contribution is 0.102. The Labute approximate surface area is 181 Å². The van der Waals surface area contributed by atoms with Gasteiger partial charge in [-0.05, 0) is 61.5 Å². The van der Waals surface area contributed by atoms with Crippen LogP contribution in [0.3, 0.4) is 0 Å². The van der Waals surface area contributed by atoms with Crippen molar-refractivity contribution in [3.63, 3.8) is 0 Å². The highest BCUT2D eigenvalue weighted by Crippen LogP contribution is 2.23. The molecule has 8 heteroatoms. The molecule has 0 fully saturated rings. The van der Waals surface area contributed by atoms with Gasteiger partial charge in [0.25, 0.3) is 5.91 Å². The first-order valence-electron chi connectivity index (χ1n) is 9.66. The summed E-state index contributed by atoms with van der Waals surface area (Å²) >= 11 is 0. The van der Waals surface area contributed by atoms with Gasteiger partial charge < -0.3 is 5.32 Å². The molecule has 0 atom stereocenters. The molecule has 1 heterocycles. The number of para-hydroxylation sites is 1. The second-order valence-corrected chi connectivity index (χ2v) is 9.45. The van der Waals surface area contributed by atoms with Crippen LogP contribution in [0.4, 0.5) is 5.69 Å². The van der Waals surface area contributed by atoms with Crippen LogP contribution >= 0.6 is 0 Å². The van der Waals surface area contributed by atoms with Gasteiger partial charge in [-0.3, -0.25) is 9.36 Å². The third-order valence-electron chi connectivity index (χ3n) is 4.99. The summed E-state index contributed by atoms with van der Waals surface area (Å²) < 4.78 is 27.5. The summed E-state index contributed by atoms with van der Waals surface area (Å²) in [6.07, 6.45) is 0. The molecule has 0 unspecified atom stereocenters. The van der Waals surface area contributed by atoms with Crippen molar-refractivity contribution in [2.75, 3.05) is 19.4 Å². The van der Waals surface area contributed by atoms with Gasteiger partial charge in [0, 0.05) is 31.0 Å². The summed E-state index contributed by atoms with van der Waals surface area (Å²) in [5.74, 6) is 0.536. The van der Waals surface area contributed by atoms with Crippen molar-refractivity contribution in [1.82, 2.24) is 13.9 Å². The summed E-state index contributed by atoms with van der Waals surface area (Å²) in [6, 6.07) is 21.4. The van der Waals surface area contributed by atoms with E-state index in [0.29, 0.717) is 11.3 Å². The molecule has 0 aliphatic carbocycles. The molecule has 0 saturated carbocycles. The summed E-state index contributed by atoms with van der Waals surface area (Å²) in [6.45, 7) is 1.93. The summed E-state index contributed by atoms with van der Waals surface area (Å²) in [4.78, 5) is 17.5. The summed E-state index contributed by atoms with van der Waals surface area (Å²) in [5.41, 5.74) is 3.62. The van der Waals surface area contributed by atoms with Gasteiger partial charge in [-0.2, -0.15) is 0 Å². The molecule has 1 amide bonds. The van der Waals surface area contributed by atoms with E-state index >= 15 is 0 Å². The number of aryl methyl sites for hydroxylation is 1. The molecule has 0 radical (unpaired) electrons. The molecule has 4 rings (SSSR count). The number of sulfonamides is 1. The van der Waals surface area contributed by atoms with Crippen LogP contribution < -0.4 is 5.32 Å². The predicted octanol–water partition coefficient (Wildman–Crippen LogP) is 3.84. The zero-order valence-corrected chi connectivity index (χ0v) is 18.2. The molecule has 0 spiro atoms. The van der Waals surface area contributed by atoms with Gasteiger partial charge in [0.15, 0.2) is 0 Å². The number of rotatable bonds is 5. The van der Waals surface area contributed by atoms with E-state index in [1.165, 1.54) is 26.2 Å². The van der Waals surface area contributed by atoms with Crippen molar-refractivity contribution in [3.8, 4) is 5.69 Å². The minimum absolute atomic E-state index is 0.166. The topological polar surface area (TPSA) is 84.3 Å². The number of aromatic nitrogens is 2. The molecule has 3 aromatic carbocycles. The van der Waals surface area contributed by atoms with Crippen LogP contribution in [0, 0.1) is 6.92 Å². The van der Waals surface area contributed by atoms with Gasteiger partial charge in [-0.15, -0.1) is 0 Å². The fraction of sp³-hybridized carbons (Fsp3) is 0.130. The van der Waals surface area contributed by atoms with Crippen molar-refractivity contribution in [2.24, 2.45) is 0 Å². The van der Waals surface area contributed by atoms with E-state index in [9.17, 15) is 13.2 Å². The third kappa shape index (κ3) is 3.95. The van der Waals surface area contributed by atoms with Gasteiger partial charge in [-0.25, -0.2) is 17.7 Å². The number of amides is 1. The highest BCUT2D eigenvalue weighted by atomic mass is 32.2. The van der Waals surface area contributed by atoms with E-state index in [2.05, 4.69) is 10.3 Å². The van der Waals surface area contributed by atoms with Crippen molar-refractivity contribution in [2.45, 2.75) is 11.8 Å². The maximum atomic E-state index is 12.7. The Hall–Kier alpha value is -3.49. The number of carbonyl (C=O) groups excluding carboxylic acids is 1. The van der Waals surface area contributed by atoms with Gasteiger partial charge >= 0.3 is 0 Å². The largest absolute Gasteiger partial charge is 0.322 e. The molecule has 0 aliphatic rings. The molecule has 0 saturated heterocycles. The standard InChI is InChI=1S/C23H22N4O3S/c1-16-24-21-15-17(9-14-22(21)27(16)19-7-5-4-6-8-19)23(28)25-18-10-12-20(13-11-18)31(29,30)26(2)3/h4-15H,1-3H3,(H,25,28). The Kier molecular flexibility index (Phi) is 5.34. The lowest BCUT2D eigenvalue weighted by Gasteiger charge is -2.12. The zero-order valence-electron chi connectivity index (χ0n) is 17.4. The van der Waals surface area contributed by atoms with E-state index in [-0.39, 0.29) is 10.8 Å². The monoisotopic (exact) mass is 434 g/mol. The quantitative estimate of drug-likeness (QED) is 0.517. The maximum absolute atomic E-state index is 12.7. The van der Waals surface area contributed by atoms with Crippen LogP contribution in [0.1, 0.15) is 16.2 Å². The molecule has 0 bridgehead atoms. The van der Waals surface area contributed by atoms with Crippen LogP contribution in [0.15, 0.2) is 77.7 Å². The molecule has 0 aliphatic heterocycles. The fourth-order valence-electron chi connectivity index (χ4n) is 3.37. The van der Waals surface area contributed by atoms with Crippen molar-refractivity contribution in [1.29, 1.82) is 0 Å². The predicted molar refractivity (Wildman–Crippen MR) is 121 cm³/mol. The normalized spacial score (nSPS) is 11.7. The number of benzene rings is 3. The van der Waals surface area contributed by atoms with Crippen LogP contribution in [0.2, 0.25) is 0 Å². The second-order valence-electron chi connectivity index (χ2n) is 7.30. The number of nitrogens with one attached hydrogen (secondary N) is 1. The molecular weight excluding hydrogens is 412 g/mol. The Balaban J connectivity index is 1.59. The van der Waals surface area contributed by atoms with Crippen molar-refractivity contribution in [3.05, 3.63) is 84.2 Å². The van der Waals surface area contributed by atoms with E-state index < -0.39 is 10.0 Å². The molecule has 1 N–H and O–H groups in total. The average Bonchev–Trinajstić information content (AvgIpc) is 3.09. The Morgan fingerprint density at radius 3 is 2.29 bits per heavy atom. The third-order valence-corrected chi connectivity index (χ3v) is 6.82. The van der Waals surface area contributed by atoms with E-state index in [1.54, 1.807) is 24.3 Å². The Morgan fingerprint density at radius 2 is 1.65 bits per heavy atom. The van der Waals surface area contributed by atoms with E-state index in [1.807, 2.05) is 47.9 Å². The number of nitrogens with zero attached hydrogens (tertiary/aromatic N) is 3. The zero-order chi connectivity index (χ0) is 22.2. The number of imidazole rings is 1. The lowest BCUT2D eigenvalue weighted by Crippen LogP contribution is -2.22. The molecule has 7 nitrogen and oxygen atoms in total. The van der Waals surface area contributed by atoms with E-state index in [0.717, 1.165) is 26.9 Å². The Morgan fingerprint density at radius 1 is 0.968 bits per heavy atom. The van der Waals surface area contributed by atoms with Crippen LogP contribution in [0.5, 0.6) is 0 Å². The van der Waals surface area contributed by atoms with Gasteiger partial charge in [-0.1, -0.05) is 18.2 Å². The van der Waals surface area contributed by atoms with Crippen molar-refractivity contribution >= 4 is 32.7 Å². The van der Waals surface area contributed by atoms with E-state index in [4.69, 9.17) is 0 Å². The first-order chi connectivity index (χ1) is 14.8. The average molecular weight is 435 g/mol. The van der Waals surface area contributed by atoms with Crippen LogP contribution in [-0.2, 0) is 10.0 Å². The van der Waals surface area contributed by atoms with Gasteiger partial charge in [0.2, 0.25) is 10.0 Å². The molecule has 4 aromatic rings. The minimum atomic E-state index is -3.51.